The molecule has 36 heavy (non-hydrogen) atoms. The SMILES string of the molecule is CCCCCCCC1CCC(CCc2ccc3c(F)c(CCc4ccc(F)c(F)c4)ccc3c2)CC1. The van der Waals surface area contributed by atoms with Crippen molar-refractivity contribution in [2.45, 2.75) is 96.8 Å². The molecule has 0 atom stereocenters. The largest absolute Gasteiger partial charge is 0.206 e. The Kier molecular flexibility index (Phi) is 9.90. The van der Waals surface area contributed by atoms with Crippen LogP contribution < -0.4 is 0 Å². The summed E-state index contributed by atoms with van der Waals surface area (Å²) in [6.45, 7) is 2.28. The van der Waals surface area contributed by atoms with E-state index in [1.165, 1.54) is 82.3 Å². The Labute approximate surface area is 215 Å². The predicted octanol–water partition coefficient (Wildman–Crippen LogP) is 10.1. The molecule has 0 aromatic heterocycles. The summed E-state index contributed by atoms with van der Waals surface area (Å²) in [5.41, 5.74) is 2.57. The van der Waals surface area contributed by atoms with Gasteiger partial charge in [0.25, 0.3) is 0 Å². The van der Waals surface area contributed by atoms with Crippen LogP contribution in [-0.4, -0.2) is 0 Å². The summed E-state index contributed by atoms with van der Waals surface area (Å²) in [5, 5.41) is 1.58. The zero-order chi connectivity index (χ0) is 25.3. The molecule has 3 aromatic carbocycles. The smallest absolute Gasteiger partial charge is 0.159 e. The molecule has 0 unspecified atom stereocenters. The van der Waals surface area contributed by atoms with E-state index in [1.54, 1.807) is 6.07 Å². The van der Waals surface area contributed by atoms with E-state index in [2.05, 4.69) is 19.1 Å². The quantitative estimate of drug-likeness (QED) is 0.220. The van der Waals surface area contributed by atoms with Crippen molar-refractivity contribution in [2.75, 3.05) is 0 Å². The molecule has 0 nitrogen and oxygen atoms in total. The Morgan fingerprint density at radius 3 is 2.08 bits per heavy atom. The Bertz CT molecular complexity index is 1110. The first-order valence-corrected chi connectivity index (χ1v) is 14.2. The fourth-order valence-electron chi connectivity index (χ4n) is 5.93. The average Bonchev–Trinajstić information content (AvgIpc) is 2.89. The Morgan fingerprint density at radius 1 is 0.639 bits per heavy atom. The van der Waals surface area contributed by atoms with Gasteiger partial charge in [0.1, 0.15) is 5.82 Å². The molecule has 1 fully saturated rings. The molecule has 1 aliphatic rings. The van der Waals surface area contributed by atoms with Crippen molar-refractivity contribution in [1.29, 1.82) is 0 Å². The van der Waals surface area contributed by atoms with E-state index in [4.69, 9.17) is 0 Å². The van der Waals surface area contributed by atoms with Gasteiger partial charge in [-0.25, -0.2) is 13.2 Å². The molecule has 4 rings (SSSR count). The lowest BCUT2D eigenvalue weighted by molar-refractivity contribution is 0.249. The van der Waals surface area contributed by atoms with Crippen LogP contribution in [0.3, 0.4) is 0 Å². The number of benzene rings is 3. The van der Waals surface area contributed by atoms with E-state index in [9.17, 15) is 8.78 Å². The average molecular weight is 495 g/mol. The van der Waals surface area contributed by atoms with E-state index < -0.39 is 11.6 Å². The predicted molar refractivity (Wildman–Crippen MR) is 145 cm³/mol. The molecule has 3 aromatic rings. The summed E-state index contributed by atoms with van der Waals surface area (Å²) in [4.78, 5) is 0. The van der Waals surface area contributed by atoms with Crippen molar-refractivity contribution < 1.29 is 13.2 Å². The Balaban J connectivity index is 1.26. The summed E-state index contributed by atoms with van der Waals surface area (Å²) in [7, 11) is 0. The summed E-state index contributed by atoms with van der Waals surface area (Å²) < 4.78 is 41.8. The van der Waals surface area contributed by atoms with Crippen molar-refractivity contribution >= 4 is 10.8 Å². The summed E-state index contributed by atoms with van der Waals surface area (Å²) in [6.07, 6.45) is 17.1. The fourth-order valence-corrected chi connectivity index (χ4v) is 5.93. The van der Waals surface area contributed by atoms with Crippen LogP contribution in [0.5, 0.6) is 0 Å². The minimum atomic E-state index is -0.857. The van der Waals surface area contributed by atoms with Crippen LogP contribution in [0.2, 0.25) is 0 Å². The maximum atomic E-state index is 15.2. The molecular formula is C33H41F3. The topological polar surface area (TPSA) is 0 Å². The second-order valence-electron chi connectivity index (χ2n) is 11.0. The van der Waals surface area contributed by atoms with E-state index >= 15 is 4.39 Å². The summed E-state index contributed by atoms with van der Waals surface area (Å²) in [5.74, 6) is -0.137. The van der Waals surface area contributed by atoms with Gasteiger partial charge in [-0.2, -0.15) is 0 Å². The van der Waals surface area contributed by atoms with Crippen LogP contribution in [-0.2, 0) is 19.3 Å². The van der Waals surface area contributed by atoms with Gasteiger partial charge < -0.3 is 0 Å². The van der Waals surface area contributed by atoms with E-state index in [-0.39, 0.29) is 5.82 Å². The molecule has 1 saturated carbocycles. The molecule has 0 spiro atoms. The molecule has 3 heteroatoms. The molecule has 0 amide bonds. The number of fused-ring (bicyclic) bond motifs is 1. The monoisotopic (exact) mass is 494 g/mol. The molecule has 0 bridgehead atoms. The lowest BCUT2D eigenvalue weighted by Crippen LogP contribution is -2.15. The molecule has 194 valence electrons. The second kappa shape index (κ2) is 13.3. The highest BCUT2D eigenvalue weighted by atomic mass is 19.2. The van der Waals surface area contributed by atoms with Crippen LogP contribution in [0.25, 0.3) is 10.8 Å². The van der Waals surface area contributed by atoms with E-state index in [1.807, 2.05) is 18.2 Å². The number of hydrogen-bond acceptors (Lipinski definition) is 0. The van der Waals surface area contributed by atoms with Crippen molar-refractivity contribution in [3.63, 3.8) is 0 Å². The first kappa shape index (κ1) is 26.8. The van der Waals surface area contributed by atoms with Crippen molar-refractivity contribution in [3.05, 3.63) is 82.7 Å². The third-order valence-corrected chi connectivity index (χ3v) is 8.29. The Morgan fingerprint density at radius 2 is 1.33 bits per heavy atom. The molecular weight excluding hydrogens is 453 g/mol. The van der Waals surface area contributed by atoms with Crippen LogP contribution in [0.4, 0.5) is 13.2 Å². The van der Waals surface area contributed by atoms with Crippen molar-refractivity contribution in [3.8, 4) is 0 Å². The molecule has 0 N–H and O–H groups in total. The highest BCUT2D eigenvalue weighted by Crippen LogP contribution is 2.34. The van der Waals surface area contributed by atoms with Gasteiger partial charge >= 0.3 is 0 Å². The van der Waals surface area contributed by atoms with Gasteiger partial charge in [0.15, 0.2) is 11.6 Å². The maximum Gasteiger partial charge on any atom is 0.159 e. The van der Waals surface area contributed by atoms with Gasteiger partial charge in [0, 0.05) is 5.39 Å². The third-order valence-electron chi connectivity index (χ3n) is 8.29. The van der Waals surface area contributed by atoms with Crippen LogP contribution in [0, 0.1) is 29.3 Å². The first-order valence-electron chi connectivity index (χ1n) is 14.2. The van der Waals surface area contributed by atoms with E-state index in [0.717, 1.165) is 29.7 Å². The highest BCUT2D eigenvalue weighted by Gasteiger charge is 2.20. The highest BCUT2D eigenvalue weighted by molar-refractivity contribution is 5.84. The number of halogens is 3. The lowest BCUT2D eigenvalue weighted by atomic mass is 9.77. The minimum absolute atomic E-state index is 0.199. The van der Waals surface area contributed by atoms with Gasteiger partial charge in [-0.3, -0.25) is 0 Å². The minimum Gasteiger partial charge on any atom is -0.206 e. The molecule has 0 saturated heterocycles. The zero-order valence-corrected chi connectivity index (χ0v) is 21.8. The number of unbranched alkanes of at least 4 members (excludes halogenated alkanes) is 4. The molecule has 0 radical (unpaired) electrons. The van der Waals surface area contributed by atoms with Gasteiger partial charge in [-0.05, 0) is 71.7 Å². The van der Waals surface area contributed by atoms with Crippen molar-refractivity contribution in [2.24, 2.45) is 11.8 Å². The van der Waals surface area contributed by atoms with E-state index in [0.29, 0.717) is 29.4 Å². The van der Waals surface area contributed by atoms with Crippen LogP contribution in [0.15, 0.2) is 48.5 Å². The fraction of sp³-hybridized carbons (Fsp3) is 0.515. The number of aryl methyl sites for hydroxylation is 3. The summed E-state index contributed by atoms with van der Waals surface area (Å²) in [6, 6.07) is 13.8. The molecule has 0 aliphatic heterocycles. The zero-order valence-electron chi connectivity index (χ0n) is 21.8. The van der Waals surface area contributed by atoms with Crippen LogP contribution >= 0.6 is 0 Å². The van der Waals surface area contributed by atoms with Gasteiger partial charge in [0.05, 0.1) is 0 Å². The summed E-state index contributed by atoms with van der Waals surface area (Å²) >= 11 is 0. The standard InChI is InChI=1S/C33H41F3/c1-2-3-4-5-6-7-24-8-10-25(11-9-24)12-13-26-15-20-30-29(22-26)19-18-28(33(30)36)17-14-27-16-21-31(34)32(35)23-27/h15-16,18-25H,2-14,17H2,1H3. The number of rotatable bonds is 12. The second-order valence-corrected chi connectivity index (χ2v) is 11.0. The molecule has 1 aliphatic carbocycles. The molecule has 0 heterocycles. The van der Waals surface area contributed by atoms with Crippen LogP contribution in [0.1, 0.15) is 94.2 Å². The van der Waals surface area contributed by atoms with Gasteiger partial charge in [0.2, 0.25) is 0 Å². The third kappa shape index (κ3) is 7.37. The first-order chi connectivity index (χ1) is 17.5. The van der Waals surface area contributed by atoms with Gasteiger partial charge in [-0.15, -0.1) is 0 Å². The lowest BCUT2D eigenvalue weighted by Gasteiger charge is -2.28. The number of hydrogen-bond donors (Lipinski definition) is 0. The maximum absolute atomic E-state index is 15.2. The Hall–Kier alpha value is -2.29. The van der Waals surface area contributed by atoms with Crippen molar-refractivity contribution in [1.82, 2.24) is 0 Å². The normalized spacial score (nSPS) is 18.1. The van der Waals surface area contributed by atoms with Gasteiger partial charge in [-0.1, -0.05) is 108 Å².